The van der Waals surface area contributed by atoms with Gasteiger partial charge in [-0.05, 0) is 53.2 Å². The summed E-state index contributed by atoms with van der Waals surface area (Å²) in [6, 6.07) is 4.43. The number of carboxylic acid groups (broad SMARTS) is 1. The van der Waals surface area contributed by atoms with Crippen LogP contribution in [0, 0.1) is 11.7 Å². The van der Waals surface area contributed by atoms with Crippen molar-refractivity contribution < 1.29 is 19.1 Å². The van der Waals surface area contributed by atoms with Gasteiger partial charge in [-0.2, -0.15) is 0 Å². The molecule has 0 unspecified atom stereocenters. The van der Waals surface area contributed by atoms with E-state index in [0.717, 1.165) is 12.8 Å². The third-order valence-corrected chi connectivity index (χ3v) is 4.66. The summed E-state index contributed by atoms with van der Waals surface area (Å²) in [5, 5.41) is 8.68. The van der Waals surface area contributed by atoms with Crippen molar-refractivity contribution in [1.29, 1.82) is 0 Å². The second-order valence-corrected chi connectivity index (χ2v) is 6.06. The molecule has 1 aliphatic rings. The Bertz CT molecular complexity index is 542. The molecule has 2 rings (SSSR count). The first-order valence-electron chi connectivity index (χ1n) is 6.94. The van der Waals surface area contributed by atoms with Gasteiger partial charge in [0.2, 0.25) is 0 Å². The van der Waals surface area contributed by atoms with E-state index in [9.17, 15) is 14.0 Å². The number of nitrogens with zero attached hydrogens (tertiary/aromatic N) is 1. The number of carbonyl (C=O) groups is 2. The molecule has 0 atom stereocenters. The Morgan fingerprint density at radius 2 is 2.00 bits per heavy atom. The Labute approximate surface area is 131 Å². The third-order valence-electron chi connectivity index (χ3n) is 3.85. The van der Waals surface area contributed by atoms with Gasteiger partial charge in [-0.3, -0.25) is 9.59 Å². The maximum Gasteiger partial charge on any atom is 0.303 e. The Balaban J connectivity index is 1.94. The molecule has 4 nitrogen and oxygen atoms in total. The molecule has 21 heavy (non-hydrogen) atoms. The van der Waals surface area contributed by atoms with Crippen LogP contribution in [0.3, 0.4) is 0 Å². The summed E-state index contributed by atoms with van der Waals surface area (Å²) in [6.07, 6.45) is 2.42. The number of benzene rings is 1. The summed E-state index contributed by atoms with van der Waals surface area (Å²) in [6.45, 7) is 1.18. The second-order valence-electron chi connectivity index (χ2n) is 5.27. The second kappa shape index (κ2) is 7.02. The topological polar surface area (TPSA) is 57.6 Å². The number of hydrogen-bond donors (Lipinski definition) is 1. The Morgan fingerprint density at radius 1 is 1.33 bits per heavy atom. The van der Waals surface area contributed by atoms with Gasteiger partial charge in [-0.25, -0.2) is 4.39 Å². The molecule has 1 fully saturated rings. The zero-order chi connectivity index (χ0) is 15.4. The minimum atomic E-state index is -0.780. The Kier molecular flexibility index (Phi) is 5.33. The van der Waals surface area contributed by atoms with Crippen LogP contribution in [0.1, 0.15) is 36.0 Å². The van der Waals surface area contributed by atoms with Gasteiger partial charge in [0.1, 0.15) is 5.82 Å². The minimum Gasteiger partial charge on any atom is -0.481 e. The predicted molar refractivity (Wildman–Crippen MR) is 79.6 cm³/mol. The summed E-state index contributed by atoms with van der Waals surface area (Å²) in [5.41, 5.74) is 0.332. The molecule has 1 amide bonds. The van der Waals surface area contributed by atoms with Gasteiger partial charge in [-0.15, -0.1) is 0 Å². The normalized spacial score (nSPS) is 16.0. The van der Waals surface area contributed by atoms with E-state index >= 15 is 0 Å². The molecule has 1 heterocycles. The molecule has 0 aromatic heterocycles. The molecule has 0 spiro atoms. The standard InChI is InChI=1S/C15H17BrFNO3/c16-14-11(2-1-3-12(14)17)15(21)18-8-6-10(7-9-18)4-5-13(19)20/h1-3,10H,4-9H2,(H,19,20). The maximum absolute atomic E-state index is 13.5. The summed E-state index contributed by atoms with van der Waals surface area (Å²) in [7, 11) is 0. The molecule has 1 saturated heterocycles. The highest BCUT2D eigenvalue weighted by atomic mass is 79.9. The van der Waals surface area contributed by atoms with E-state index in [2.05, 4.69) is 15.9 Å². The number of hydrogen-bond acceptors (Lipinski definition) is 2. The zero-order valence-electron chi connectivity index (χ0n) is 11.5. The molecule has 1 aliphatic heterocycles. The van der Waals surface area contributed by atoms with Crippen LogP contribution in [0.25, 0.3) is 0 Å². The number of carboxylic acids is 1. The summed E-state index contributed by atoms with van der Waals surface area (Å²) in [4.78, 5) is 24.6. The molecule has 1 N–H and O–H groups in total. The molecule has 0 aliphatic carbocycles. The number of halogens is 2. The monoisotopic (exact) mass is 357 g/mol. The first-order chi connectivity index (χ1) is 9.99. The van der Waals surface area contributed by atoms with Crippen LogP contribution in [-0.4, -0.2) is 35.0 Å². The lowest BCUT2D eigenvalue weighted by atomic mass is 9.92. The van der Waals surface area contributed by atoms with Crippen molar-refractivity contribution >= 4 is 27.8 Å². The van der Waals surface area contributed by atoms with Gasteiger partial charge in [0.05, 0.1) is 10.0 Å². The number of likely N-dealkylation sites (tertiary alicyclic amines) is 1. The molecule has 0 radical (unpaired) electrons. The van der Waals surface area contributed by atoms with E-state index < -0.39 is 11.8 Å². The van der Waals surface area contributed by atoms with Gasteiger partial charge in [0.15, 0.2) is 0 Å². The molecule has 0 bridgehead atoms. The molecule has 1 aromatic rings. The summed E-state index contributed by atoms with van der Waals surface area (Å²) >= 11 is 3.11. The predicted octanol–water partition coefficient (Wildman–Crippen LogP) is 3.31. The lowest BCUT2D eigenvalue weighted by Crippen LogP contribution is -2.38. The van der Waals surface area contributed by atoms with Gasteiger partial charge in [-0.1, -0.05) is 6.07 Å². The number of piperidine rings is 1. The van der Waals surface area contributed by atoms with Gasteiger partial charge in [0.25, 0.3) is 5.91 Å². The smallest absolute Gasteiger partial charge is 0.303 e. The van der Waals surface area contributed by atoms with Crippen molar-refractivity contribution in [2.45, 2.75) is 25.7 Å². The van der Waals surface area contributed by atoms with Crippen molar-refractivity contribution in [2.24, 2.45) is 5.92 Å². The van der Waals surface area contributed by atoms with Crippen molar-refractivity contribution in [2.75, 3.05) is 13.1 Å². The molecular weight excluding hydrogens is 341 g/mol. The van der Waals surface area contributed by atoms with Crippen LogP contribution >= 0.6 is 15.9 Å². The van der Waals surface area contributed by atoms with Gasteiger partial charge < -0.3 is 10.0 Å². The fourth-order valence-electron chi connectivity index (χ4n) is 2.59. The molecular formula is C15H17BrFNO3. The maximum atomic E-state index is 13.5. The van der Waals surface area contributed by atoms with Crippen molar-refractivity contribution in [1.82, 2.24) is 4.90 Å². The average Bonchev–Trinajstić information content (AvgIpc) is 2.48. The molecule has 114 valence electrons. The highest BCUT2D eigenvalue weighted by molar-refractivity contribution is 9.10. The van der Waals surface area contributed by atoms with Gasteiger partial charge in [0, 0.05) is 19.5 Å². The lowest BCUT2D eigenvalue weighted by Gasteiger charge is -2.32. The molecule has 0 saturated carbocycles. The Hall–Kier alpha value is -1.43. The van der Waals surface area contributed by atoms with Crippen molar-refractivity contribution in [3.63, 3.8) is 0 Å². The van der Waals surface area contributed by atoms with E-state index in [0.29, 0.717) is 31.0 Å². The van der Waals surface area contributed by atoms with E-state index in [1.807, 2.05) is 0 Å². The van der Waals surface area contributed by atoms with Gasteiger partial charge >= 0.3 is 5.97 Å². The number of amides is 1. The lowest BCUT2D eigenvalue weighted by molar-refractivity contribution is -0.137. The van der Waals surface area contributed by atoms with Crippen LogP contribution in [0.5, 0.6) is 0 Å². The van der Waals surface area contributed by atoms with Crippen LogP contribution in [0.15, 0.2) is 22.7 Å². The highest BCUT2D eigenvalue weighted by Crippen LogP contribution is 2.26. The number of aliphatic carboxylic acids is 1. The third kappa shape index (κ3) is 4.03. The van der Waals surface area contributed by atoms with Crippen LogP contribution in [-0.2, 0) is 4.79 Å². The van der Waals surface area contributed by atoms with E-state index in [1.165, 1.54) is 12.1 Å². The van der Waals surface area contributed by atoms with E-state index in [4.69, 9.17) is 5.11 Å². The molecule has 1 aromatic carbocycles. The quantitative estimate of drug-likeness (QED) is 0.899. The first kappa shape index (κ1) is 15.9. The summed E-state index contributed by atoms with van der Waals surface area (Å²) in [5.74, 6) is -1.06. The Morgan fingerprint density at radius 3 is 2.62 bits per heavy atom. The van der Waals surface area contributed by atoms with Crippen LogP contribution in [0.2, 0.25) is 0 Å². The number of rotatable bonds is 4. The minimum absolute atomic E-state index is 0.175. The average molecular weight is 358 g/mol. The van der Waals surface area contributed by atoms with E-state index in [1.54, 1.807) is 11.0 Å². The first-order valence-corrected chi connectivity index (χ1v) is 7.73. The summed E-state index contributed by atoms with van der Waals surface area (Å²) < 4.78 is 13.7. The van der Waals surface area contributed by atoms with Crippen LogP contribution in [0.4, 0.5) is 4.39 Å². The fraction of sp³-hybridized carbons (Fsp3) is 0.467. The van der Waals surface area contributed by atoms with Crippen LogP contribution < -0.4 is 0 Å². The largest absolute Gasteiger partial charge is 0.481 e. The number of carbonyl (C=O) groups excluding carboxylic acids is 1. The van der Waals surface area contributed by atoms with Crippen molar-refractivity contribution in [3.05, 3.63) is 34.1 Å². The molecule has 6 heteroatoms. The van der Waals surface area contributed by atoms with E-state index in [-0.39, 0.29) is 16.8 Å². The van der Waals surface area contributed by atoms with Crippen molar-refractivity contribution in [3.8, 4) is 0 Å². The SMILES string of the molecule is O=C(O)CCC1CCN(C(=O)c2cccc(F)c2Br)CC1. The fourth-order valence-corrected chi connectivity index (χ4v) is 3.03. The zero-order valence-corrected chi connectivity index (χ0v) is 13.1. The highest BCUT2D eigenvalue weighted by Gasteiger charge is 2.25.